The Labute approximate surface area is 316 Å². The monoisotopic (exact) mass is 688 g/mol. The highest BCUT2D eigenvalue weighted by Gasteiger charge is 2.15. The smallest absolute Gasteiger partial charge is 0.160 e. The van der Waals surface area contributed by atoms with Gasteiger partial charge in [-0.25, -0.2) is 9.97 Å². The molecule has 0 aliphatic carbocycles. The van der Waals surface area contributed by atoms with E-state index < -0.39 is 0 Å². The molecule has 0 unspecified atom stereocenters. The van der Waals surface area contributed by atoms with E-state index in [9.17, 15) is 0 Å². The second kappa shape index (κ2) is 14.8. The molecule has 1 aromatic heterocycles. The summed E-state index contributed by atoms with van der Waals surface area (Å²) in [7, 11) is 0. The van der Waals surface area contributed by atoms with Crippen LogP contribution < -0.4 is 0 Å². The van der Waals surface area contributed by atoms with Crippen LogP contribution in [0.2, 0.25) is 0 Å². The fraction of sp³-hybridized carbons (Fsp3) is 0. The van der Waals surface area contributed by atoms with E-state index in [2.05, 4.69) is 206 Å². The third-order valence-corrected chi connectivity index (χ3v) is 9.84. The standard InChI is InChI=1S/C52H36N2/c1-6-17-37(18-7-1)44-30-45(38-19-8-2-9-20-38)32-47(31-44)42-27-16-28-43(29-42)48-33-46(39-21-10-3-11-22-39)34-49(35-48)52-53-50(40-23-12-4-13-24-40)36-51(54-52)41-25-14-5-15-26-41/h1-36H. The van der Waals surface area contributed by atoms with Crippen LogP contribution in [0.15, 0.2) is 218 Å². The molecule has 0 aliphatic rings. The van der Waals surface area contributed by atoms with E-state index >= 15 is 0 Å². The summed E-state index contributed by atoms with van der Waals surface area (Å²) in [6, 6.07) is 77.2. The largest absolute Gasteiger partial charge is 0.228 e. The average Bonchev–Trinajstić information content (AvgIpc) is 3.27. The molecule has 0 saturated carbocycles. The molecule has 0 spiro atoms. The zero-order valence-electron chi connectivity index (χ0n) is 29.7. The maximum Gasteiger partial charge on any atom is 0.160 e. The lowest BCUT2D eigenvalue weighted by atomic mass is 9.91. The minimum atomic E-state index is 0.688. The Bertz CT molecular complexity index is 2560. The van der Waals surface area contributed by atoms with Gasteiger partial charge in [-0.15, -0.1) is 0 Å². The Kier molecular flexibility index (Phi) is 8.99. The summed E-state index contributed by atoms with van der Waals surface area (Å²) in [6.45, 7) is 0. The van der Waals surface area contributed by atoms with E-state index in [1.54, 1.807) is 0 Å². The summed E-state index contributed by atoms with van der Waals surface area (Å²) >= 11 is 0. The van der Waals surface area contributed by atoms with Crippen molar-refractivity contribution in [3.63, 3.8) is 0 Å². The molecule has 0 saturated heterocycles. The molecule has 2 heteroatoms. The highest BCUT2D eigenvalue weighted by Crippen LogP contribution is 2.37. The third kappa shape index (κ3) is 7.01. The molecule has 0 radical (unpaired) electrons. The van der Waals surface area contributed by atoms with Gasteiger partial charge in [0, 0.05) is 16.7 Å². The highest BCUT2D eigenvalue weighted by atomic mass is 14.9. The van der Waals surface area contributed by atoms with Crippen molar-refractivity contribution in [2.24, 2.45) is 0 Å². The molecule has 0 bridgehead atoms. The Hall–Kier alpha value is -7.16. The second-order valence-electron chi connectivity index (χ2n) is 13.5. The number of hydrogen-bond acceptors (Lipinski definition) is 2. The van der Waals surface area contributed by atoms with Crippen LogP contribution in [0, 0.1) is 0 Å². The summed E-state index contributed by atoms with van der Waals surface area (Å²) in [5.41, 5.74) is 16.4. The van der Waals surface area contributed by atoms with Crippen LogP contribution >= 0.6 is 0 Å². The second-order valence-corrected chi connectivity index (χ2v) is 13.5. The number of benzene rings is 8. The van der Waals surface area contributed by atoms with E-state index in [0.29, 0.717) is 5.82 Å². The normalized spacial score (nSPS) is 11.0. The van der Waals surface area contributed by atoms with Gasteiger partial charge in [-0.1, -0.05) is 170 Å². The molecular weight excluding hydrogens is 653 g/mol. The maximum absolute atomic E-state index is 5.20. The van der Waals surface area contributed by atoms with E-state index in [1.807, 2.05) is 12.1 Å². The van der Waals surface area contributed by atoms with E-state index in [1.165, 1.54) is 27.8 Å². The summed E-state index contributed by atoms with van der Waals surface area (Å²) in [5.74, 6) is 0.688. The Morgan fingerprint density at radius 2 is 0.444 bits per heavy atom. The van der Waals surface area contributed by atoms with Gasteiger partial charge in [0.1, 0.15) is 0 Å². The van der Waals surface area contributed by atoms with Crippen LogP contribution in [-0.4, -0.2) is 9.97 Å². The van der Waals surface area contributed by atoms with Gasteiger partial charge in [0.05, 0.1) is 11.4 Å². The number of aromatic nitrogens is 2. The van der Waals surface area contributed by atoms with Crippen LogP contribution in [-0.2, 0) is 0 Å². The van der Waals surface area contributed by atoms with Gasteiger partial charge in [-0.3, -0.25) is 0 Å². The lowest BCUT2D eigenvalue weighted by Gasteiger charge is -2.14. The fourth-order valence-corrected chi connectivity index (χ4v) is 7.08. The molecule has 9 rings (SSSR count). The van der Waals surface area contributed by atoms with Crippen molar-refractivity contribution in [2.75, 3.05) is 0 Å². The molecule has 0 aliphatic heterocycles. The minimum Gasteiger partial charge on any atom is -0.228 e. The van der Waals surface area contributed by atoms with Gasteiger partial charge >= 0.3 is 0 Å². The molecule has 2 nitrogen and oxygen atoms in total. The van der Waals surface area contributed by atoms with Gasteiger partial charge in [-0.05, 0) is 104 Å². The zero-order chi connectivity index (χ0) is 36.1. The van der Waals surface area contributed by atoms with Crippen molar-refractivity contribution in [1.82, 2.24) is 9.97 Å². The minimum absolute atomic E-state index is 0.688. The van der Waals surface area contributed by atoms with Crippen LogP contribution in [0.25, 0.3) is 89.5 Å². The molecule has 254 valence electrons. The van der Waals surface area contributed by atoms with Crippen molar-refractivity contribution >= 4 is 0 Å². The van der Waals surface area contributed by atoms with Crippen molar-refractivity contribution in [1.29, 1.82) is 0 Å². The number of nitrogens with zero attached hydrogens (tertiary/aromatic N) is 2. The van der Waals surface area contributed by atoms with E-state index in [0.717, 1.165) is 55.9 Å². The molecule has 54 heavy (non-hydrogen) atoms. The van der Waals surface area contributed by atoms with Crippen LogP contribution in [0.3, 0.4) is 0 Å². The lowest BCUT2D eigenvalue weighted by Crippen LogP contribution is -1.97. The maximum atomic E-state index is 5.20. The van der Waals surface area contributed by atoms with E-state index in [4.69, 9.17) is 9.97 Å². The van der Waals surface area contributed by atoms with Crippen molar-refractivity contribution in [2.45, 2.75) is 0 Å². The molecule has 0 fully saturated rings. The van der Waals surface area contributed by atoms with Crippen molar-refractivity contribution in [3.05, 3.63) is 218 Å². The Morgan fingerprint density at radius 3 is 0.796 bits per heavy atom. The van der Waals surface area contributed by atoms with Gasteiger partial charge < -0.3 is 0 Å². The molecular formula is C52H36N2. The first-order chi connectivity index (χ1) is 26.7. The lowest BCUT2D eigenvalue weighted by molar-refractivity contribution is 1.18. The first-order valence-electron chi connectivity index (χ1n) is 18.3. The fourth-order valence-electron chi connectivity index (χ4n) is 7.08. The molecule has 0 N–H and O–H groups in total. The van der Waals surface area contributed by atoms with Gasteiger partial charge in [0.2, 0.25) is 0 Å². The topological polar surface area (TPSA) is 25.8 Å². The number of hydrogen-bond donors (Lipinski definition) is 0. The van der Waals surface area contributed by atoms with Gasteiger partial charge in [0.25, 0.3) is 0 Å². The molecule has 0 amide bonds. The van der Waals surface area contributed by atoms with Gasteiger partial charge in [-0.2, -0.15) is 0 Å². The summed E-state index contributed by atoms with van der Waals surface area (Å²) in [5, 5.41) is 0. The predicted octanol–water partition coefficient (Wildman–Crippen LogP) is 13.8. The van der Waals surface area contributed by atoms with Gasteiger partial charge in [0.15, 0.2) is 5.82 Å². The summed E-state index contributed by atoms with van der Waals surface area (Å²) in [4.78, 5) is 10.4. The van der Waals surface area contributed by atoms with Crippen LogP contribution in [0.5, 0.6) is 0 Å². The first kappa shape index (κ1) is 32.7. The third-order valence-electron chi connectivity index (χ3n) is 9.84. The predicted molar refractivity (Wildman–Crippen MR) is 226 cm³/mol. The number of rotatable bonds is 8. The average molecular weight is 689 g/mol. The molecule has 1 heterocycles. The quantitative estimate of drug-likeness (QED) is 0.159. The molecule has 8 aromatic carbocycles. The van der Waals surface area contributed by atoms with Crippen molar-refractivity contribution in [3.8, 4) is 89.5 Å². The molecule has 0 atom stereocenters. The highest BCUT2D eigenvalue weighted by molar-refractivity contribution is 5.85. The summed E-state index contributed by atoms with van der Waals surface area (Å²) < 4.78 is 0. The Morgan fingerprint density at radius 1 is 0.185 bits per heavy atom. The van der Waals surface area contributed by atoms with E-state index in [-0.39, 0.29) is 0 Å². The zero-order valence-corrected chi connectivity index (χ0v) is 29.7. The van der Waals surface area contributed by atoms with Crippen LogP contribution in [0.4, 0.5) is 0 Å². The van der Waals surface area contributed by atoms with Crippen molar-refractivity contribution < 1.29 is 0 Å². The first-order valence-corrected chi connectivity index (χ1v) is 18.3. The van der Waals surface area contributed by atoms with Crippen LogP contribution in [0.1, 0.15) is 0 Å². The SMILES string of the molecule is c1ccc(-c2cc(-c3ccccc3)cc(-c3cccc(-c4cc(-c5ccccc5)cc(-c5nc(-c6ccccc6)cc(-c6ccccc6)n5)c4)c3)c2)cc1. The Balaban J connectivity index is 1.20. The summed E-state index contributed by atoms with van der Waals surface area (Å²) in [6.07, 6.45) is 0. The molecule has 9 aromatic rings.